The molecule has 1 aromatic heterocycles. The van der Waals surface area contributed by atoms with Crippen LogP contribution in [0.5, 0.6) is 5.75 Å². The third kappa shape index (κ3) is 5.22. The molecule has 186 valence electrons. The Morgan fingerprint density at radius 3 is 2.40 bits per heavy atom. The van der Waals surface area contributed by atoms with Gasteiger partial charge in [0.25, 0.3) is 5.56 Å². The van der Waals surface area contributed by atoms with Gasteiger partial charge in [0, 0.05) is 24.3 Å². The molecule has 0 radical (unpaired) electrons. The number of benzene rings is 2. The summed E-state index contributed by atoms with van der Waals surface area (Å²) in [6.45, 7) is 4.53. The van der Waals surface area contributed by atoms with E-state index in [9.17, 15) is 18.4 Å². The molecule has 1 heterocycles. The number of halogens is 2. The molecule has 6 nitrogen and oxygen atoms in total. The fraction of sp³-hybridized carbons (Fsp3) is 0.407. The van der Waals surface area contributed by atoms with E-state index in [0.717, 1.165) is 18.7 Å². The summed E-state index contributed by atoms with van der Waals surface area (Å²) in [5.74, 6) is -0.263. The van der Waals surface area contributed by atoms with E-state index in [1.807, 2.05) is 14.0 Å². The first-order valence-electron chi connectivity index (χ1n) is 11.8. The van der Waals surface area contributed by atoms with Gasteiger partial charge in [-0.2, -0.15) is 0 Å². The lowest BCUT2D eigenvalue weighted by Gasteiger charge is -2.25. The molecule has 0 bridgehead atoms. The fourth-order valence-electron chi connectivity index (χ4n) is 4.65. The fourth-order valence-corrected chi connectivity index (χ4v) is 4.65. The molecular formula is C27H31F2N3O3. The van der Waals surface area contributed by atoms with Crippen molar-refractivity contribution in [3.8, 4) is 16.9 Å². The number of hydrogen-bond donors (Lipinski definition) is 0. The van der Waals surface area contributed by atoms with Gasteiger partial charge < -0.3 is 9.64 Å². The Bertz CT molecular complexity index is 1320. The molecule has 1 fully saturated rings. The molecule has 3 aromatic rings. The third-order valence-electron chi connectivity index (χ3n) is 6.66. The minimum atomic E-state index is -0.741. The van der Waals surface area contributed by atoms with Crippen molar-refractivity contribution in [2.24, 2.45) is 5.92 Å². The normalized spacial score (nSPS) is 14.4. The predicted molar refractivity (Wildman–Crippen MR) is 132 cm³/mol. The second-order valence-corrected chi connectivity index (χ2v) is 9.45. The van der Waals surface area contributed by atoms with Crippen LogP contribution in [0.1, 0.15) is 37.1 Å². The topological polar surface area (TPSA) is 56.5 Å². The van der Waals surface area contributed by atoms with Crippen LogP contribution in [0.25, 0.3) is 11.1 Å². The van der Waals surface area contributed by atoms with Gasteiger partial charge in [0.05, 0.1) is 25.3 Å². The summed E-state index contributed by atoms with van der Waals surface area (Å²) in [6, 6.07) is 10.2. The van der Waals surface area contributed by atoms with E-state index in [2.05, 4.69) is 4.90 Å². The van der Waals surface area contributed by atoms with Crippen LogP contribution < -0.4 is 16.0 Å². The lowest BCUT2D eigenvalue weighted by Crippen LogP contribution is -2.46. The average molecular weight is 484 g/mol. The highest BCUT2D eigenvalue weighted by atomic mass is 19.1. The molecule has 1 aliphatic carbocycles. The largest absolute Gasteiger partial charge is 0.497 e. The Hall–Kier alpha value is -3.26. The first-order valence-corrected chi connectivity index (χ1v) is 11.8. The molecule has 0 aliphatic heterocycles. The summed E-state index contributed by atoms with van der Waals surface area (Å²) in [6.07, 6.45) is 2.40. The minimum absolute atomic E-state index is 0.224. The number of ether oxygens (including phenoxy) is 1. The SMILES string of the molecule is COc1cccc(-c2c(C)n(Cc3c(F)cccc3F)c(=O)n([C@@H](C)CN(C)CC3CC3)c2=O)c1. The summed E-state index contributed by atoms with van der Waals surface area (Å²) in [5.41, 5.74) is -0.0324. The van der Waals surface area contributed by atoms with Crippen LogP contribution in [0.2, 0.25) is 0 Å². The number of likely N-dealkylation sites (N-methyl/N-ethyl adjacent to an activating group) is 1. The monoisotopic (exact) mass is 483 g/mol. The van der Waals surface area contributed by atoms with Crippen LogP contribution in [0.15, 0.2) is 52.1 Å². The molecular weight excluding hydrogens is 452 g/mol. The molecule has 4 rings (SSSR count). The van der Waals surface area contributed by atoms with Crippen LogP contribution in [-0.4, -0.2) is 41.3 Å². The standard InChI is InChI=1S/C27H31F2N3O3/c1-17(14-30(3)15-19-11-12-19)32-26(33)25(20-7-5-8-21(13-20)35-4)18(2)31(27(32)34)16-22-23(28)9-6-10-24(22)29/h5-10,13,17,19H,11-12,14-16H2,1-4H3/t17-/m0/s1. The van der Waals surface area contributed by atoms with Gasteiger partial charge in [-0.15, -0.1) is 0 Å². The molecule has 1 saturated carbocycles. The van der Waals surface area contributed by atoms with Crippen molar-refractivity contribution >= 4 is 0 Å². The van der Waals surface area contributed by atoms with Crippen molar-refractivity contribution in [1.29, 1.82) is 0 Å². The molecule has 0 amide bonds. The van der Waals surface area contributed by atoms with Crippen molar-refractivity contribution < 1.29 is 13.5 Å². The van der Waals surface area contributed by atoms with Crippen molar-refractivity contribution in [3.05, 3.63) is 86.2 Å². The summed E-state index contributed by atoms with van der Waals surface area (Å²) in [5, 5.41) is 0. The van der Waals surface area contributed by atoms with Crippen LogP contribution in [0, 0.1) is 24.5 Å². The Kier molecular flexibility index (Phi) is 7.21. The van der Waals surface area contributed by atoms with E-state index in [1.54, 1.807) is 31.2 Å². The van der Waals surface area contributed by atoms with Gasteiger partial charge in [-0.25, -0.2) is 13.6 Å². The van der Waals surface area contributed by atoms with Gasteiger partial charge >= 0.3 is 5.69 Å². The summed E-state index contributed by atoms with van der Waals surface area (Å²) >= 11 is 0. The maximum absolute atomic E-state index is 14.5. The maximum Gasteiger partial charge on any atom is 0.331 e. The lowest BCUT2D eigenvalue weighted by atomic mass is 10.0. The predicted octanol–water partition coefficient (Wildman–Crippen LogP) is 4.22. The van der Waals surface area contributed by atoms with Gasteiger partial charge in [-0.05, 0) is 69.5 Å². The molecule has 1 atom stereocenters. The van der Waals surface area contributed by atoms with Crippen molar-refractivity contribution in [2.75, 3.05) is 27.2 Å². The zero-order chi connectivity index (χ0) is 25.3. The Morgan fingerprint density at radius 2 is 1.77 bits per heavy atom. The van der Waals surface area contributed by atoms with Crippen molar-refractivity contribution in [1.82, 2.24) is 14.0 Å². The average Bonchev–Trinajstić information content (AvgIpc) is 3.62. The van der Waals surface area contributed by atoms with Crippen molar-refractivity contribution in [2.45, 2.75) is 39.3 Å². The highest BCUT2D eigenvalue weighted by Crippen LogP contribution is 2.29. The van der Waals surface area contributed by atoms with E-state index in [4.69, 9.17) is 4.74 Å². The quantitative estimate of drug-likeness (QED) is 0.457. The molecule has 2 aromatic carbocycles. The summed E-state index contributed by atoms with van der Waals surface area (Å²) in [4.78, 5) is 29.5. The van der Waals surface area contributed by atoms with E-state index in [-0.39, 0.29) is 12.1 Å². The van der Waals surface area contributed by atoms with Gasteiger partial charge in [-0.1, -0.05) is 18.2 Å². The van der Waals surface area contributed by atoms with Crippen LogP contribution in [0.4, 0.5) is 8.78 Å². The zero-order valence-electron chi connectivity index (χ0n) is 20.6. The maximum atomic E-state index is 14.5. The molecule has 0 N–H and O–H groups in total. The minimum Gasteiger partial charge on any atom is -0.497 e. The second-order valence-electron chi connectivity index (χ2n) is 9.45. The number of hydrogen-bond acceptors (Lipinski definition) is 4. The molecule has 0 saturated heterocycles. The number of methoxy groups -OCH3 is 1. The second kappa shape index (κ2) is 10.2. The molecule has 1 aliphatic rings. The molecule has 0 spiro atoms. The van der Waals surface area contributed by atoms with Crippen LogP contribution in [0.3, 0.4) is 0 Å². The Labute approximate surface area is 203 Å². The molecule has 35 heavy (non-hydrogen) atoms. The Morgan fingerprint density at radius 1 is 1.11 bits per heavy atom. The van der Waals surface area contributed by atoms with Crippen molar-refractivity contribution in [3.63, 3.8) is 0 Å². The number of rotatable bonds is 9. The first kappa shape index (κ1) is 24.9. The van der Waals surface area contributed by atoms with E-state index >= 15 is 0 Å². The molecule has 8 heteroatoms. The van der Waals surface area contributed by atoms with Crippen LogP contribution in [-0.2, 0) is 6.54 Å². The van der Waals surface area contributed by atoms with E-state index in [0.29, 0.717) is 35.0 Å². The highest BCUT2D eigenvalue weighted by molar-refractivity contribution is 5.66. The smallest absolute Gasteiger partial charge is 0.331 e. The highest BCUT2D eigenvalue weighted by Gasteiger charge is 2.26. The molecule has 0 unspecified atom stereocenters. The lowest BCUT2D eigenvalue weighted by molar-refractivity contribution is 0.268. The van der Waals surface area contributed by atoms with Gasteiger partial charge in [-0.3, -0.25) is 13.9 Å². The van der Waals surface area contributed by atoms with Gasteiger partial charge in [0.1, 0.15) is 17.4 Å². The number of aromatic nitrogens is 2. The van der Waals surface area contributed by atoms with E-state index < -0.39 is 28.9 Å². The summed E-state index contributed by atoms with van der Waals surface area (Å²) < 4.78 is 36.9. The van der Waals surface area contributed by atoms with Gasteiger partial charge in [0.2, 0.25) is 0 Å². The third-order valence-corrected chi connectivity index (χ3v) is 6.66. The number of nitrogens with zero attached hydrogens (tertiary/aromatic N) is 3. The zero-order valence-corrected chi connectivity index (χ0v) is 20.6. The van der Waals surface area contributed by atoms with Gasteiger partial charge in [0.15, 0.2) is 0 Å². The first-order chi connectivity index (χ1) is 16.7. The van der Waals surface area contributed by atoms with Crippen LogP contribution >= 0.6 is 0 Å². The van der Waals surface area contributed by atoms with E-state index in [1.165, 1.54) is 35.2 Å². The summed E-state index contributed by atoms with van der Waals surface area (Å²) in [7, 11) is 3.51. The Balaban J connectivity index is 1.88.